The van der Waals surface area contributed by atoms with Crippen LogP contribution in [-0.4, -0.2) is 32.3 Å². The van der Waals surface area contributed by atoms with Gasteiger partial charge in [0.2, 0.25) is 10.0 Å². The lowest BCUT2D eigenvalue weighted by molar-refractivity contribution is 0.218. The average Bonchev–Trinajstić information content (AvgIpc) is 2.28. The minimum Gasteiger partial charge on any atom is -0.313 e. The van der Waals surface area contributed by atoms with Gasteiger partial charge in [0, 0.05) is 18.6 Å². The lowest BCUT2D eigenvalue weighted by Gasteiger charge is -2.35. The summed E-state index contributed by atoms with van der Waals surface area (Å²) in [6.45, 7) is 10.8. The molecule has 0 aromatic heterocycles. The largest absolute Gasteiger partial charge is 0.313 e. The van der Waals surface area contributed by atoms with Crippen molar-refractivity contribution in [2.45, 2.75) is 77.6 Å². The summed E-state index contributed by atoms with van der Waals surface area (Å²) in [7, 11) is -3.21. The number of hydrogen-bond acceptors (Lipinski definition) is 3. The summed E-state index contributed by atoms with van der Waals surface area (Å²) in [4.78, 5) is 0. The molecule has 0 aromatic carbocycles. The predicted molar refractivity (Wildman–Crippen MR) is 80.7 cm³/mol. The SMILES string of the molecule is CC(C)NCC(C)S(=O)(=O)NC1CCC(C)(C)CC1. The van der Waals surface area contributed by atoms with Crippen molar-refractivity contribution >= 4 is 10.0 Å². The van der Waals surface area contributed by atoms with Crippen molar-refractivity contribution in [2.24, 2.45) is 5.41 Å². The van der Waals surface area contributed by atoms with E-state index in [1.807, 2.05) is 13.8 Å². The van der Waals surface area contributed by atoms with Crippen LogP contribution in [0.15, 0.2) is 0 Å². The zero-order valence-corrected chi connectivity index (χ0v) is 13.8. The Morgan fingerprint density at radius 1 is 1.16 bits per heavy atom. The van der Waals surface area contributed by atoms with Crippen LogP contribution >= 0.6 is 0 Å². The second kappa shape index (κ2) is 6.55. The molecule has 0 aliphatic heterocycles. The fourth-order valence-corrected chi connectivity index (χ4v) is 3.63. The first-order valence-corrected chi connectivity index (χ1v) is 8.91. The molecule has 0 bridgehead atoms. The van der Waals surface area contributed by atoms with Crippen molar-refractivity contribution in [3.05, 3.63) is 0 Å². The van der Waals surface area contributed by atoms with Crippen molar-refractivity contribution in [3.63, 3.8) is 0 Å². The van der Waals surface area contributed by atoms with Gasteiger partial charge in [-0.05, 0) is 38.0 Å². The smallest absolute Gasteiger partial charge is 0.215 e. The molecule has 4 nitrogen and oxygen atoms in total. The number of rotatable bonds is 6. The van der Waals surface area contributed by atoms with E-state index in [4.69, 9.17) is 0 Å². The Morgan fingerprint density at radius 2 is 1.68 bits per heavy atom. The van der Waals surface area contributed by atoms with E-state index >= 15 is 0 Å². The third-order valence-electron chi connectivity index (χ3n) is 4.01. The highest BCUT2D eigenvalue weighted by molar-refractivity contribution is 7.90. The van der Waals surface area contributed by atoms with Crippen LogP contribution in [0, 0.1) is 5.41 Å². The molecule has 19 heavy (non-hydrogen) atoms. The van der Waals surface area contributed by atoms with Gasteiger partial charge < -0.3 is 5.32 Å². The first kappa shape index (κ1) is 16.9. The summed E-state index contributed by atoms with van der Waals surface area (Å²) in [5.74, 6) is 0. The molecular formula is C14H30N2O2S. The van der Waals surface area contributed by atoms with Crippen LogP contribution in [0.2, 0.25) is 0 Å². The van der Waals surface area contributed by atoms with Gasteiger partial charge in [0.05, 0.1) is 5.25 Å². The maximum absolute atomic E-state index is 12.2. The lowest BCUT2D eigenvalue weighted by Crippen LogP contribution is -2.46. The summed E-state index contributed by atoms with van der Waals surface area (Å²) in [6, 6.07) is 0.438. The van der Waals surface area contributed by atoms with Gasteiger partial charge in [-0.3, -0.25) is 0 Å². The van der Waals surface area contributed by atoms with Gasteiger partial charge in [0.1, 0.15) is 0 Å². The molecule has 0 saturated heterocycles. The third-order valence-corrected chi connectivity index (χ3v) is 5.90. The molecule has 0 radical (unpaired) electrons. The molecule has 0 heterocycles. The second-order valence-corrected chi connectivity index (χ2v) is 9.11. The zero-order valence-electron chi connectivity index (χ0n) is 13.0. The highest BCUT2D eigenvalue weighted by Gasteiger charge is 2.30. The molecule has 0 spiro atoms. The summed E-state index contributed by atoms with van der Waals surface area (Å²) in [5, 5.41) is 2.80. The summed E-state index contributed by atoms with van der Waals surface area (Å²) in [5.41, 5.74) is 0.368. The highest BCUT2D eigenvalue weighted by atomic mass is 32.2. The molecule has 1 aliphatic rings. The van der Waals surface area contributed by atoms with Crippen LogP contribution in [0.25, 0.3) is 0 Å². The van der Waals surface area contributed by atoms with Crippen LogP contribution in [0.3, 0.4) is 0 Å². The molecule has 0 amide bonds. The Hall–Kier alpha value is -0.130. The fraction of sp³-hybridized carbons (Fsp3) is 1.00. The van der Waals surface area contributed by atoms with E-state index in [0.717, 1.165) is 25.7 Å². The zero-order chi connectivity index (χ0) is 14.7. The minimum absolute atomic E-state index is 0.125. The van der Waals surface area contributed by atoms with E-state index in [2.05, 4.69) is 23.9 Å². The van der Waals surface area contributed by atoms with Crippen molar-refractivity contribution in [1.82, 2.24) is 10.0 Å². The van der Waals surface area contributed by atoms with E-state index in [1.165, 1.54) is 0 Å². The summed E-state index contributed by atoms with van der Waals surface area (Å²) < 4.78 is 27.3. The van der Waals surface area contributed by atoms with Gasteiger partial charge in [-0.1, -0.05) is 27.7 Å². The molecule has 0 aromatic rings. The van der Waals surface area contributed by atoms with E-state index in [9.17, 15) is 8.42 Å². The van der Waals surface area contributed by atoms with E-state index in [-0.39, 0.29) is 11.3 Å². The maximum atomic E-state index is 12.2. The fourth-order valence-electron chi connectivity index (χ4n) is 2.38. The van der Waals surface area contributed by atoms with Crippen molar-refractivity contribution in [3.8, 4) is 0 Å². The molecule has 1 saturated carbocycles. The van der Waals surface area contributed by atoms with Gasteiger partial charge in [0.25, 0.3) is 0 Å². The first-order chi connectivity index (χ1) is 8.62. The minimum atomic E-state index is -3.21. The van der Waals surface area contributed by atoms with E-state index < -0.39 is 10.0 Å². The quantitative estimate of drug-likeness (QED) is 0.789. The Bertz CT molecular complexity index is 367. The Labute approximate surface area is 118 Å². The number of sulfonamides is 1. The third kappa shape index (κ3) is 5.79. The summed E-state index contributed by atoms with van der Waals surface area (Å²) >= 11 is 0. The molecule has 1 unspecified atom stereocenters. The van der Waals surface area contributed by atoms with Gasteiger partial charge in [-0.15, -0.1) is 0 Å². The molecule has 114 valence electrons. The number of hydrogen-bond donors (Lipinski definition) is 2. The van der Waals surface area contributed by atoms with Crippen LogP contribution < -0.4 is 10.0 Å². The van der Waals surface area contributed by atoms with Gasteiger partial charge >= 0.3 is 0 Å². The van der Waals surface area contributed by atoms with Crippen molar-refractivity contribution < 1.29 is 8.42 Å². The molecular weight excluding hydrogens is 260 g/mol. The monoisotopic (exact) mass is 290 g/mol. The standard InChI is InChI=1S/C14H30N2O2S/c1-11(2)15-10-12(3)19(17,18)16-13-6-8-14(4,5)9-7-13/h11-13,15-16H,6-10H2,1-5H3. The highest BCUT2D eigenvalue weighted by Crippen LogP contribution is 2.35. The number of nitrogens with one attached hydrogen (secondary N) is 2. The molecule has 1 rings (SSSR count). The van der Waals surface area contributed by atoms with Gasteiger partial charge in [-0.2, -0.15) is 0 Å². The Morgan fingerprint density at radius 3 is 2.16 bits per heavy atom. The van der Waals surface area contributed by atoms with E-state index in [0.29, 0.717) is 18.0 Å². The molecule has 1 fully saturated rings. The van der Waals surface area contributed by atoms with Crippen molar-refractivity contribution in [1.29, 1.82) is 0 Å². The lowest BCUT2D eigenvalue weighted by atomic mass is 9.76. The molecule has 5 heteroatoms. The Kier molecular flexibility index (Phi) is 5.83. The van der Waals surface area contributed by atoms with Crippen LogP contribution in [0.1, 0.15) is 60.3 Å². The topological polar surface area (TPSA) is 58.2 Å². The molecule has 2 N–H and O–H groups in total. The normalized spacial score (nSPS) is 22.6. The van der Waals surface area contributed by atoms with Gasteiger partial charge in [0.15, 0.2) is 0 Å². The predicted octanol–water partition coefficient (Wildman–Crippen LogP) is 2.26. The van der Waals surface area contributed by atoms with Crippen LogP contribution in [0.5, 0.6) is 0 Å². The molecule has 1 atom stereocenters. The molecule has 1 aliphatic carbocycles. The second-order valence-electron chi connectivity index (χ2n) is 6.97. The summed E-state index contributed by atoms with van der Waals surface area (Å²) in [6.07, 6.45) is 4.10. The first-order valence-electron chi connectivity index (χ1n) is 7.37. The van der Waals surface area contributed by atoms with Gasteiger partial charge in [-0.25, -0.2) is 13.1 Å². The van der Waals surface area contributed by atoms with Crippen LogP contribution in [-0.2, 0) is 10.0 Å². The van der Waals surface area contributed by atoms with Crippen molar-refractivity contribution in [2.75, 3.05) is 6.54 Å². The average molecular weight is 290 g/mol. The Balaban J connectivity index is 2.46. The van der Waals surface area contributed by atoms with Crippen LogP contribution in [0.4, 0.5) is 0 Å². The maximum Gasteiger partial charge on any atom is 0.215 e. The van der Waals surface area contributed by atoms with E-state index in [1.54, 1.807) is 6.92 Å².